The van der Waals surface area contributed by atoms with Crippen molar-refractivity contribution in [3.8, 4) is 0 Å². The predicted octanol–water partition coefficient (Wildman–Crippen LogP) is 2.07. The number of aromatic nitrogens is 1. The molecule has 0 spiro atoms. The highest BCUT2D eigenvalue weighted by atomic mass is 32.1. The number of thiazole rings is 1. The minimum atomic E-state index is 0.812. The molecule has 2 heterocycles. The molecule has 1 aromatic rings. The van der Waals surface area contributed by atoms with Crippen LogP contribution < -0.4 is 0 Å². The molecule has 76 valence electrons. The highest BCUT2D eigenvalue weighted by Crippen LogP contribution is 2.15. The molecule has 1 aliphatic heterocycles. The number of rotatable bonds is 3. The molecule has 0 amide bonds. The van der Waals surface area contributed by atoms with Crippen LogP contribution >= 0.6 is 11.3 Å². The minimum absolute atomic E-state index is 0.812. The van der Waals surface area contributed by atoms with Crippen molar-refractivity contribution in [2.75, 3.05) is 13.1 Å². The van der Waals surface area contributed by atoms with Crippen molar-refractivity contribution in [2.45, 2.75) is 26.2 Å². The first-order valence-electron chi connectivity index (χ1n) is 4.98. The zero-order valence-corrected chi connectivity index (χ0v) is 9.23. The van der Waals surface area contributed by atoms with Gasteiger partial charge in [-0.2, -0.15) is 0 Å². The highest BCUT2D eigenvalue weighted by Gasteiger charge is 2.16. The molecule has 0 atom stereocenters. The zero-order chi connectivity index (χ0) is 9.97. The van der Waals surface area contributed by atoms with E-state index in [1.54, 1.807) is 11.3 Å². The molecule has 3 nitrogen and oxygen atoms in total. The van der Waals surface area contributed by atoms with Gasteiger partial charge in [-0.25, -0.2) is 4.98 Å². The number of aryl methyl sites for hydroxylation is 1. The van der Waals surface area contributed by atoms with E-state index in [9.17, 15) is 0 Å². The Kier molecular flexibility index (Phi) is 2.82. The van der Waals surface area contributed by atoms with Crippen molar-refractivity contribution in [3.63, 3.8) is 0 Å². The van der Waals surface area contributed by atoms with E-state index in [1.807, 2.05) is 5.51 Å². The summed E-state index contributed by atoms with van der Waals surface area (Å²) in [7, 11) is 0. The van der Waals surface area contributed by atoms with Gasteiger partial charge >= 0.3 is 0 Å². The molecule has 0 saturated carbocycles. The first-order chi connectivity index (χ1) is 6.77. The molecule has 4 heteroatoms. The quantitative estimate of drug-likeness (QED) is 0.827. The van der Waals surface area contributed by atoms with E-state index in [0.717, 1.165) is 43.9 Å². The lowest BCUT2D eigenvalue weighted by Crippen LogP contribution is -2.26. The van der Waals surface area contributed by atoms with Crippen LogP contribution in [0.3, 0.4) is 0 Å². The van der Waals surface area contributed by atoms with Gasteiger partial charge in [-0.15, -0.1) is 11.3 Å². The van der Waals surface area contributed by atoms with Gasteiger partial charge in [-0.05, 0) is 13.3 Å². The molecule has 0 radical (unpaired) electrons. The number of nitrogens with one attached hydrogen (secondary N) is 1. The van der Waals surface area contributed by atoms with Gasteiger partial charge in [-0.3, -0.25) is 5.41 Å². The Balaban J connectivity index is 1.88. The van der Waals surface area contributed by atoms with Gasteiger partial charge in [0, 0.05) is 30.8 Å². The molecule has 1 N–H and O–H groups in total. The van der Waals surface area contributed by atoms with Crippen molar-refractivity contribution < 1.29 is 0 Å². The minimum Gasteiger partial charge on any atom is -0.360 e. The van der Waals surface area contributed by atoms with Crippen molar-refractivity contribution >= 4 is 17.2 Å². The monoisotopic (exact) mass is 209 g/mol. The fourth-order valence-corrected chi connectivity index (χ4v) is 2.55. The summed E-state index contributed by atoms with van der Waals surface area (Å²) >= 11 is 1.73. The highest BCUT2D eigenvalue weighted by molar-refractivity contribution is 7.09. The molecule has 0 aliphatic carbocycles. The summed E-state index contributed by atoms with van der Waals surface area (Å²) in [6.45, 7) is 4.11. The lowest BCUT2D eigenvalue weighted by atomic mass is 10.3. The van der Waals surface area contributed by atoms with E-state index >= 15 is 0 Å². The molecule has 1 aliphatic rings. The second kappa shape index (κ2) is 4.09. The van der Waals surface area contributed by atoms with Crippen LogP contribution in [0.5, 0.6) is 0 Å². The summed E-state index contributed by atoms with van der Waals surface area (Å²) in [5.41, 5.74) is 3.06. The van der Waals surface area contributed by atoms with Gasteiger partial charge in [-0.1, -0.05) is 0 Å². The Morgan fingerprint density at radius 2 is 2.50 bits per heavy atom. The number of amidine groups is 1. The Hall–Kier alpha value is -0.900. The molecular formula is C10H15N3S. The summed E-state index contributed by atoms with van der Waals surface area (Å²) in [5, 5.41) is 7.70. The Labute approximate surface area is 88.3 Å². The summed E-state index contributed by atoms with van der Waals surface area (Å²) < 4.78 is 0. The van der Waals surface area contributed by atoms with Crippen molar-refractivity contribution in [1.29, 1.82) is 5.41 Å². The average molecular weight is 209 g/mol. The summed E-state index contributed by atoms with van der Waals surface area (Å²) in [6, 6.07) is 0. The first kappa shape index (κ1) is 9.65. The van der Waals surface area contributed by atoms with E-state index < -0.39 is 0 Å². The third kappa shape index (κ3) is 1.95. The SMILES string of the molecule is Cc1ncsc1CCN1CCCC1=N. The van der Waals surface area contributed by atoms with Crippen LogP contribution in [0, 0.1) is 12.3 Å². The Morgan fingerprint density at radius 1 is 1.64 bits per heavy atom. The van der Waals surface area contributed by atoms with E-state index in [2.05, 4.69) is 16.8 Å². The van der Waals surface area contributed by atoms with Crippen molar-refractivity contribution in [3.05, 3.63) is 16.1 Å². The summed E-state index contributed by atoms with van der Waals surface area (Å²) in [4.78, 5) is 7.77. The van der Waals surface area contributed by atoms with Crippen LogP contribution in [0.1, 0.15) is 23.4 Å². The van der Waals surface area contributed by atoms with Crippen LogP contribution in [-0.2, 0) is 6.42 Å². The molecule has 1 saturated heterocycles. The van der Waals surface area contributed by atoms with Crippen LogP contribution in [0.15, 0.2) is 5.51 Å². The smallest absolute Gasteiger partial charge is 0.0958 e. The molecule has 2 rings (SSSR count). The van der Waals surface area contributed by atoms with Gasteiger partial charge in [0.2, 0.25) is 0 Å². The van der Waals surface area contributed by atoms with Crippen molar-refractivity contribution in [2.24, 2.45) is 0 Å². The normalized spacial score (nSPS) is 16.6. The number of nitrogens with zero attached hydrogens (tertiary/aromatic N) is 2. The maximum absolute atomic E-state index is 7.70. The van der Waals surface area contributed by atoms with Gasteiger partial charge in [0.15, 0.2) is 0 Å². The van der Waals surface area contributed by atoms with E-state index in [1.165, 1.54) is 4.88 Å². The van der Waals surface area contributed by atoms with Gasteiger partial charge in [0.1, 0.15) is 0 Å². The molecule has 1 aromatic heterocycles. The fourth-order valence-electron chi connectivity index (χ4n) is 1.78. The Morgan fingerprint density at radius 3 is 3.07 bits per heavy atom. The third-order valence-electron chi connectivity index (χ3n) is 2.68. The third-order valence-corrected chi connectivity index (χ3v) is 3.67. The van der Waals surface area contributed by atoms with E-state index in [-0.39, 0.29) is 0 Å². The number of hydrogen-bond donors (Lipinski definition) is 1. The van der Waals surface area contributed by atoms with Crippen LogP contribution in [0.25, 0.3) is 0 Å². The van der Waals surface area contributed by atoms with Crippen molar-refractivity contribution in [1.82, 2.24) is 9.88 Å². The standard InChI is InChI=1S/C10H15N3S/c1-8-9(14-7-12-8)4-6-13-5-2-3-10(13)11/h7,11H,2-6H2,1H3. The summed E-state index contributed by atoms with van der Waals surface area (Å²) in [6.07, 6.45) is 3.15. The molecule has 0 bridgehead atoms. The zero-order valence-electron chi connectivity index (χ0n) is 8.42. The molecule has 1 fully saturated rings. The molecule has 14 heavy (non-hydrogen) atoms. The van der Waals surface area contributed by atoms with Gasteiger partial charge < -0.3 is 4.90 Å². The predicted molar refractivity (Wildman–Crippen MR) is 59.1 cm³/mol. The molecule has 0 aromatic carbocycles. The second-order valence-electron chi connectivity index (χ2n) is 3.65. The van der Waals surface area contributed by atoms with E-state index in [0.29, 0.717) is 0 Å². The molecule has 0 unspecified atom stereocenters. The van der Waals surface area contributed by atoms with Crippen LogP contribution in [0.2, 0.25) is 0 Å². The maximum Gasteiger partial charge on any atom is 0.0958 e. The summed E-state index contributed by atoms with van der Waals surface area (Å²) in [5.74, 6) is 0.812. The fraction of sp³-hybridized carbons (Fsp3) is 0.600. The average Bonchev–Trinajstić information content (AvgIpc) is 2.72. The Bertz CT molecular complexity index is 332. The van der Waals surface area contributed by atoms with Gasteiger partial charge in [0.05, 0.1) is 17.0 Å². The van der Waals surface area contributed by atoms with Gasteiger partial charge in [0.25, 0.3) is 0 Å². The lowest BCUT2D eigenvalue weighted by Gasteiger charge is -2.16. The first-order valence-corrected chi connectivity index (χ1v) is 5.86. The number of hydrogen-bond acceptors (Lipinski definition) is 3. The van der Waals surface area contributed by atoms with Crippen LogP contribution in [0.4, 0.5) is 0 Å². The number of likely N-dealkylation sites (tertiary alicyclic amines) is 1. The lowest BCUT2D eigenvalue weighted by molar-refractivity contribution is 0.456. The van der Waals surface area contributed by atoms with E-state index in [4.69, 9.17) is 5.41 Å². The largest absolute Gasteiger partial charge is 0.360 e. The second-order valence-corrected chi connectivity index (χ2v) is 4.59. The maximum atomic E-state index is 7.70. The van der Waals surface area contributed by atoms with Crippen LogP contribution in [-0.4, -0.2) is 28.8 Å². The topological polar surface area (TPSA) is 40.0 Å². The molecular weight excluding hydrogens is 194 g/mol.